The lowest BCUT2D eigenvalue weighted by molar-refractivity contribution is -0.143. The Hall–Kier alpha value is -3.20. The molecule has 3 aliphatic rings. The van der Waals surface area contributed by atoms with Crippen LogP contribution in [-0.2, 0) is 27.4 Å². The molecule has 0 saturated carbocycles. The SMILES string of the molecule is COc1cccc(CN2C[C@]34C=C[C@H](O3)C(C(=O)N(C)Cc3noc(C)n3)C4C2=O)c1. The van der Waals surface area contributed by atoms with Crippen molar-refractivity contribution in [3.8, 4) is 5.75 Å². The minimum absolute atomic E-state index is 0.0585. The van der Waals surface area contributed by atoms with Crippen molar-refractivity contribution in [2.24, 2.45) is 11.8 Å². The molecule has 4 atom stereocenters. The zero-order chi connectivity index (χ0) is 21.8. The minimum atomic E-state index is -0.746. The molecular formula is C22H24N4O5. The van der Waals surface area contributed by atoms with Crippen LogP contribution in [0.4, 0.5) is 0 Å². The van der Waals surface area contributed by atoms with Crippen molar-refractivity contribution < 1.29 is 23.6 Å². The number of fused-ring (bicyclic) bond motifs is 1. The summed E-state index contributed by atoms with van der Waals surface area (Å²) in [4.78, 5) is 34.2. The summed E-state index contributed by atoms with van der Waals surface area (Å²) >= 11 is 0. The van der Waals surface area contributed by atoms with Crippen molar-refractivity contribution >= 4 is 11.8 Å². The van der Waals surface area contributed by atoms with Gasteiger partial charge >= 0.3 is 0 Å². The lowest BCUT2D eigenvalue weighted by Gasteiger charge is -2.27. The van der Waals surface area contributed by atoms with Gasteiger partial charge in [-0.15, -0.1) is 0 Å². The summed E-state index contributed by atoms with van der Waals surface area (Å²) in [5.74, 6) is 0.309. The van der Waals surface area contributed by atoms with Crippen molar-refractivity contribution in [2.45, 2.75) is 31.7 Å². The Morgan fingerprint density at radius 2 is 2.26 bits per heavy atom. The zero-order valence-electron chi connectivity index (χ0n) is 17.6. The molecule has 1 aromatic heterocycles. The Bertz CT molecular complexity index is 1070. The average Bonchev–Trinajstić information content (AvgIpc) is 3.50. The van der Waals surface area contributed by atoms with Gasteiger partial charge in [0, 0.05) is 20.5 Å². The number of benzene rings is 1. The molecule has 0 aliphatic carbocycles. The molecule has 2 saturated heterocycles. The van der Waals surface area contributed by atoms with E-state index >= 15 is 0 Å². The summed E-state index contributed by atoms with van der Waals surface area (Å²) in [6.07, 6.45) is 3.47. The lowest BCUT2D eigenvalue weighted by Crippen LogP contribution is -2.44. The van der Waals surface area contributed by atoms with Crippen LogP contribution in [0.25, 0.3) is 0 Å². The first-order valence-corrected chi connectivity index (χ1v) is 10.2. The van der Waals surface area contributed by atoms with E-state index < -0.39 is 23.5 Å². The molecule has 2 unspecified atom stereocenters. The van der Waals surface area contributed by atoms with Crippen molar-refractivity contribution in [2.75, 3.05) is 20.7 Å². The highest BCUT2D eigenvalue weighted by Crippen LogP contribution is 2.52. The molecule has 9 nitrogen and oxygen atoms in total. The summed E-state index contributed by atoms with van der Waals surface area (Å²) in [5.41, 5.74) is 0.222. The van der Waals surface area contributed by atoms with Crippen LogP contribution in [0.5, 0.6) is 5.75 Å². The van der Waals surface area contributed by atoms with Crippen LogP contribution in [0, 0.1) is 18.8 Å². The van der Waals surface area contributed by atoms with Gasteiger partial charge in [0.15, 0.2) is 5.82 Å². The first-order chi connectivity index (χ1) is 14.9. The topological polar surface area (TPSA) is 98.0 Å². The molecule has 31 heavy (non-hydrogen) atoms. The van der Waals surface area contributed by atoms with Crippen LogP contribution in [0.1, 0.15) is 17.3 Å². The van der Waals surface area contributed by atoms with E-state index in [2.05, 4.69) is 10.1 Å². The summed E-state index contributed by atoms with van der Waals surface area (Å²) in [5, 5.41) is 3.86. The third-order valence-corrected chi connectivity index (χ3v) is 6.30. The third kappa shape index (κ3) is 3.20. The fraction of sp³-hybridized carbons (Fsp3) is 0.455. The molecule has 2 fully saturated rings. The molecule has 4 heterocycles. The van der Waals surface area contributed by atoms with Gasteiger partial charge in [-0.3, -0.25) is 9.59 Å². The lowest BCUT2D eigenvalue weighted by atomic mass is 9.76. The largest absolute Gasteiger partial charge is 0.497 e. The number of likely N-dealkylation sites (tertiary alicyclic amines) is 1. The van der Waals surface area contributed by atoms with E-state index in [-0.39, 0.29) is 18.4 Å². The van der Waals surface area contributed by atoms with Crippen LogP contribution < -0.4 is 4.74 Å². The van der Waals surface area contributed by atoms with Gasteiger partial charge in [0.05, 0.1) is 38.1 Å². The highest BCUT2D eigenvalue weighted by Gasteiger charge is 2.67. The number of carbonyl (C=O) groups is 2. The Balaban J connectivity index is 1.35. The van der Waals surface area contributed by atoms with Crippen LogP contribution in [0.15, 0.2) is 40.9 Å². The van der Waals surface area contributed by atoms with E-state index in [0.29, 0.717) is 24.8 Å². The second kappa shape index (κ2) is 7.19. The Labute approximate surface area is 179 Å². The maximum Gasteiger partial charge on any atom is 0.230 e. The quantitative estimate of drug-likeness (QED) is 0.645. The molecule has 162 valence electrons. The van der Waals surface area contributed by atoms with Crippen LogP contribution >= 0.6 is 0 Å². The highest BCUT2D eigenvalue weighted by molar-refractivity contribution is 5.93. The normalized spacial score (nSPS) is 28.3. The Morgan fingerprint density at radius 1 is 1.42 bits per heavy atom. The number of hydrogen-bond acceptors (Lipinski definition) is 7. The molecule has 5 rings (SSSR count). The second-order valence-electron chi connectivity index (χ2n) is 8.37. The number of aromatic nitrogens is 2. The maximum atomic E-state index is 13.4. The second-order valence-corrected chi connectivity index (χ2v) is 8.37. The molecule has 0 N–H and O–H groups in total. The van der Waals surface area contributed by atoms with Crippen LogP contribution in [-0.4, -0.2) is 64.2 Å². The van der Waals surface area contributed by atoms with Gasteiger partial charge in [-0.1, -0.05) is 29.4 Å². The van der Waals surface area contributed by atoms with Gasteiger partial charge in [-0.05, 0) is 17.7 Å². The van der Waals surface area contributed by atoms with E-state index in [9.17, 15) is 9.59 Å². The van der Waals surface area contributed by atoms with Gasteiger partial charge in [0.2, 0.25) is 17.7 Å². The number of nitrogens with zero attached hydrogens (tertiary/aromatic N) is 4. The molecule has 2 bridgehead atoms. The Kier molecular flexibility index (Phi) is 4.58. The van der Waals surface area contributed by atoms with E-state index in [4.69, 9.17) is 14.0 Å². The fourth-order valence-electron chi connectivity index (χ4n) is 4.94. The van der Waals surface area contributed by atoms with Crippen LogP contribution in [0.3, 0.4) is 0 Å². The van der Waals surface area contributed by atoms with Crippen molar-refractivity contribution in [1.82, 2.24) is 19.9 Å². The van der Waals surface area contributed by atoms with Gasteiger partial charge in [-0.2, -0.15) is 4.98 Å². The molecule has 3 aliphatic heterocycles. The first-order valence-electron chi connectivity index (χ1n) is 10.2. The highest BCUT2D eigenvalue weighted by atomic mass is 16.5. The molecule has 1 spiro atoms. The summed E-state index contributed by atoms with van der Waals surface area (Å²) < 4.78 is 16.5. The van der Waals surface area contributed by atoms with Gasteiger partial charge in [0.1, 0.15) is 11.4 Å². The van der Waals surface area contributed by atoms with Crippen molar-refractivity contribution in [1.29, 1.82) is 0 Å². The van der Waals surface area contributed by atoms with E-state index in [1.165, 1.54) is 0 Å². The fourth-order valence-corrected chi connectivity index (χ4v) is 4.94. The molecule has 1 aromatic carbocycles. The number of amides is 2. The summed E-state index contributed by atoms with van der Waals surface area (Å²) in [7, 11) is 3.30. The monoisotopic (exact) mass is 424 g/mol. The number of rotatable bonds is 6. The predicted octanol–water partition coefficient (Wildman–Crippen LogP) is 1.33. The first kappa shape index (κ1) is 19.7. The number of ether oxygens (including phenoxy) is 2. The van der Waals surface area contributed by atoms with Crippen LogP contribution in [0.2, 0.25) is 0 Å². The smallest absolute Gasteiger partial charge is 0.230 e. The summed E-state index contributed by atoms with van der Waals surface area (Å²) in [6.45, 7) is 2.78. The van der Waals surface area contributed by atoms with E-state index in [1.54, 1.807) is 30.9 Å². The number of carbonyl (C=O) groups excluding carboxylic acids is 2. The molecular weight excluding hydrogens is 400 g/mol. The summed E-state index contributed by atoms with van der Waals surface area (Å²) in [6, 6.07) is 7.64. The molecule has 2 aromatic rings. The number of hydrogen-bond donors (Lipinski definition) is 0. The molecule has 2 amide bonds. The maximum absolute atomic E-state index is 13.4. The van der Waals surface area contributed by atoms with E-state index in [0.717, 1.165) is 11.3 Å². The predicted molar refractivity (Wildman–Crippen MR) is 108 cm³/mol. The van der Waals surface area contributed by atoms with Gasteiger partial charge < -0.3 is 23.8 Å². The minimum Gasteiger partial charge on any atom is -0.497 e. The standard InChI is InChI=1S/C22H24N4O5/c1-13-23-17(24-31-13)11-25(2)20(27)18-16-7-8-22(30-16)12-26(21(28)19(18)22)10-14-5-4-6-15(9-14)29-3/h4-9,16,18-19H,10-12H2,1-3H3/t16-,18?,19?,22-/m0/s1. The molecule has 9 heteroatoms. The number of aryl methyl sites for hydroxylation is 1. The number of methoxy groups -OCH3 is 1. The van der Waals surface area contributed by atoms with E-state index in [1.807, 2.05) is 36.4 Å². The van der Waals surface area contributed by atoms with Crippen molar-refractivity contribution in [3.63, 3.8) is 0 Å². The zero-order valence-corrected chi connectivity index (χ0v) is 17.6. The third-order valence-electron chi connectivity index (χ3n) is 6.30. The Morgan fingerprint density at radius 3 is 3.00 bits per heavy atom. The van der Waals surface area contributed by atoms with Gasteiger partial charge in [0.25, 0.3) is 0 Å². The molecule has 0 radical (unpaired) electrons. The average molecular weight is 424 g/mol. The van der Waals surface area contributed by atoms with Gasteiger partial charge in [-0.25, -0.2) is 0 Å². The van der Waals surface area contributed by atoms with Crippen molar-refractivity contribution in [3.05, 3.63) is 53.7 Å².